The summed E-state index contributed by atoms with van der Waals surface area (Å²) in [5.74, 6) is 4.74. The van der Waals surface area contributed by atoms with E-state index in [4.69, 9.17) is 20.6 Å². The van der Waals surface area contributed by atoms with Crippen molar-refractivity contribution >= 4 is 69.4 Å². The minimum Gasteiger partial charge on any atom is -1.00 e. The standard InChI is InChI=1S/2C31H48N3.2Al.4H/c2*1-19(2)25-15-13-16-26(20(3)4)29(25)32-31(34(23(9)10)24(11)12)33-30-27(21(5)6)17-14-18-28(30)22(7)8;;;;;;/h2*13-24H,1-12H3;;;;;;/q2*-1;2*+3;4*-1. The molecule has 4 aromatic carbocycles. The zero-order valence-electron chi connectivity index (χ0n) is 52.7. The van der Waals surface area contributed by atoms with Crippen LogP contribution in [-0.2, 0) is 0 Å². The van der Waals surface area contributed by atoms with Gasteiger partial charge in [0.25, 0.3) is 0 Å². The average Bonchev–Trinajstić information content (AvgIpc) is 3.22. The van der Waals surface area contributed by atoms with Gasteiger partial charge in [0.05, 0.1) is 0 Å². The molecule has 0 fully saturated rings. The van der Waals surface area contributed by atoms with Crippen molar-refractivity contribution in [3.05, 3.63) is 128 Å². The fourth-order valence-corrected chi connectivity index (χ4v) is 9.36. The van der Waals surface area contributed by atoms with Crippen LogP contribution in [-0.4, -0.2) is 80.6 Å². The van der Waals surface area contributed by atoms with E-state index in [1.165, 1.54) is 44.5 Å². The Morgan fingerprint density at radius 1 is 0.314 bits per heavy atom. The minimum absolute atomic E-state index is 0. The molecule has 384 valence electrons. The molecule has 0 unspecified atom stereocenters. The number of aliphatic imine (C=N–C) groups is 2. The zero-order valence-corrected chi connectivity index (χ0v) is 51.0. The van der Waals surface area contributed by atoms with E-state index in [9.17, 15) is 0 Å². The monoisotopic (exact) mass is 983 g/mol. The molecule has 0 bridgehead atoms. The van der Waals surface area contributed by atoms with Crippen LogP contribution in [0, 0.1) is 0 Å². The molecule has 0 aromatic heterocycles. The molecule has 4 aromatic rings. The van der Waals surface area contributed by atoms with Gasteiger partial charge in [-0.05, 0) is 139 Å². The Bertz CT molecular complexity index is 2000. The van der Waals surface area contributed by atoms with E-state index in [-0.39, 0.29) is 64.6 Å². The molecule has 0 atom stereocenters. The smallest absolute Gasteiger partial charge is 1.00 e. The number of rotatable bonds is 16. The van der Waals surface area contributed by atoms with Crippen molar-refractivity contribution in [2.45, 2.75) is 238 Å². The topological polar surface area (TPSA) is 59.4 Å². The first kappa shape index (κ1) is 64.5. The van der Waals surface area contributed by atoms with Gasteiger partial charge in [-0.3, -0.25) is 0 Å². The molecule has 0 saturated carbocycles. The summed E-state index contributed by atoms with van der Waals surface area (Å²) in [5, 5.41) is 10.8. The Kier molecular flexibility index (Phi) is 27.0. The van der Waals surface area contributed by atoms with Crippen molar-refractivity contribution < 1.29 is 5.71 Å². The maximum absolute atomic E-state index is 5.42. The summed E-state index contributed by atoms with van der Waals surface area (Å²) in [7, 11) is 0. The van der Waals surface area contributed by atoms with Crippen molar-refractivity contribution in [2.75, 3.05) is 0 Å². The number of hydrogen-bond donors (Lipinski definition) is 0. The second-order valence-electron chi connectivity index (χ2n) is 22.6. The van der Waals surface area contributed by atoms with E-state index >= 15 is 0 Å². The Morgan fingerprint density at radius 2 is 0.486 bits per heavy atom. The van der Waals surface area contributed by atoms with Gasteiger partial charge < -0.3 is 36.1 Å². The number of hydrogen-bond acceptors (Lipinski definition) is 2. The SMILES string of the molecule is CC(C)c1cccc(C(C)C)c1N=C([N-]c1c(C(C)C)cccc1C(C)C)N(C(C)C)C(C)C.CC(C)c1cccc(C(C)C)c1N=C([N-]c1c(C(C)C)cccc1C(C)C)N(C(C)C)C(C)C.[Al+3].[Al+3].[H-].[H-].[H-].[H-]. The zero-order chi connectivity index (χ0) is 51.5. The molecule has 4 rings (SSSR count). The Labute approximate surface area is 458 Å². The van der Waals surface area contributed by atoms with E-state index in [1.807, 2.05) is 0 Å². The van der Waals surface area contributed by atoms with Crippen LogP contribution >= 0.6 is 0 Å². The molecule has 0 radical (unpaired) electrons. The van der Waals surface area contributed by atoms with Gasteiger partial charge in [0, 0.05) is 11.9 Å². The van der Waals surface area contributed by atoms with E-state index in [0.717, 1.165) is 34.7 Å². The number of benzene rings is 4. The number of nitrogens with zero attached hydrogens (tertiary/aromatic N) is 6. The first-order valence-corrected chi connectivity index (χ1v) is 26.4. The molecule has 8 heteroatoms. The maximum Gasteiger partial charge on any atom is 3.00 e. The molecule has 0 spiro atoms. The van der Waals surface area contributed by atoms with E-state index in [1.54, 1.807) is 0 Å². The van der Waals surface area contributed by atoms with E-state index in [2.05, 4.69) is 249 Å². The first-order chi connectivity index (χ1) is 31.7. The fraction of sp³-hybridized carbons (Fsp3) is 0.581. The van der Waals surface area contributed by atoms with E-state index in [0.29, 0.717) is 47.3 Å². The normalized spacial score (nSPS) is 12.3. The quantitative estimate of drug-likeness (QED) is 0.0638. The summed E-state index contributed by atoms with van der Waals surface area (Å²) in [6.07, 6.45) is 0. The molecular weight excluding hydrogens is 883 g/mol. The van der Waals surface area contributed by atoms with Crippen molar-refractivity contribution in [1.29, 1.82) is 0 Å². The first-order valence-electron chi connectivity index (χ1n) is 26.4. The molecular formula is C62H100Al2N6. The molecule has 0 heterocycles. The van der Waals surface area contributed by atoms with Gasteiger partial charge in [-0.15, -0.1) is 0 Å². The van der Waals surface area contributed by atoms with Crippen molar-refractivity contribution in [3.63, 3.8) is 0 Å². The van der Waals surface area contributed by atoms with Gasteiger partial charge >= 0.3 is 34.7 Å². The maximum atomic E-state index is 5.42. The second-order valence-corrected chi connectivity index (χ2v) is 22.6. The Hall–Kier alpha value is -3.52. The molecule has 0 N–H and O–H groups in total. The third-order valence-electron chi connectivity index (χ3n) is 12.9. The number of para-hydroxylation sites is 4. The molecule has 6 nitrogen and oxygen atoms in total. The predicted molar refractivity (Wildman–Crippen MR) is 319 cm³/mol. The minimum atomic E-state index is 0. The summed E-state index contributed by atoms with van der Waals surface area (Å²) < 4.78 is 0. The summed E-state index contributed by atoms with van der Waals surface area (Å²) in [4.78, 5) is 15.6. The van der Waals surface area contributed by atoms with Crippen LogP contribution in [0.2, 0.25) is 0 Å². The van der Waals surface area contributed by atoms with Crippen molar-refractivity contribution in [3.8, 4) is 0 Å². The molecule has 0 amide bonds. The average molecular weight is 983 g/mol. The molecule has 0 aliphatic rings. The van der Waals surface area contributed by atoms with Crippen LogP contribution < -0.4 is 0 Å². The molecule has 0 aliphatic heterocycles. The van der Waals surface area contributed by atoms with Crippen molar-refractivity contribution in [1.82, 2.24) is 9.80 Å². The Balaban J connectivity index is -0.000000612. The van der Waals surface area contributed by atoms with Crippen LogP contribution in [0.1, 0.15) is 264 Å². The van der Waals surface area contributed by atoms with Crippen LogP contribution in [0.15, 0.2) is 82.8 Å². The fourth-order valence-electron chi connectivity index (χ4n) is 9.36. The van der Waals surface area contributed by atoms with Gasteiger partial charge in [-0.1, -0.05) is 239 Å². The van der Waals surface area contributed by atoms with Crippen LogP contribution in [0.25, 0.3) is 10.6 Å². The van der Waals surface area contributed by atoms with Crippen LogP contribution in [0.3, 0.4) is 0 Å². The van der Waals surface area contributed by atoms with Crippen LogP contribution in [0.5, 0.6) is 0 Å². The van der Waals surface area contributed by atoms with Gasteiger partial charge in [0.1, 0.15) is 0 Å². The summed E-state index contributed by atoms with van der Waals surface area (Å²) in [6.45, 7) is 53.9. The van der Waals surface area contributed by atoms with Gasteiger partial charge in [-0.2, -0.15) is 0 Å². The van der Waals surface area contributed by atoms with Crippen LogP contribution in [0.4, 0.5) is 22.7 Å². The molecule has 70 heavy (non-hydrogen) atoms. The van der Waals surface area contributed by atoms with Gasteiger partial charge in [0.2, 0.25) is 0 Å². The summed E-state index contributed by atoms with van der Waals surface area (Å²) >= 11 is 0. The van der Waals surface area contributed by atoms with Gasteiger partial charge in [-0.25, -0.2) is 0 Å². The van der Waals surface area contributed by atoms with Gasteiger partial charge in [0.15, 0.2) is 0 Å². The third kappa shape index (κ3) is 16.8. The molecule has 0 aliphatic carbocycles. The van der Waals surface area contributed by atoms with Crippen molar-refractivity contribution in [2.24, 2.45) is 9.98 Å². The summed E-state index contributed by atoms with van der Waals surface area (Å²) in [6, 6.07) is 27.6. The third-order valence-corrected chi connectivity index (χ3v) is 12.9. The predicted octanol–water partition coefficient (Wildman–Crippen LogP) is 19.7. The second kappa shape index (κ2) is 29.3. The van der Waals surface area contributed by atoms with E-state index < -0.39 is 0 Å². The Morgan fingerprint density at radius 3 is 0.643 bits per heavy atom. The summed E-state index contributed by atoms with van der Waals surface area (Å²) in [5.41, 5.74) is 14.6. The largest absolute Gasteiger partial charge is 3.00 e. The molecule has 0 saturated heterocycles. The number of guanidine groups is 2.